The lowest BCUT2D eigenvalue weighted by Gasteiger charge is -2.36. The molecule has 0 saturated carbocycles. The van der Waals surface area contributed by atoms with Crippen molar-refractivity contribution in [2.24, 2.45) is 0 Å². The van der Waals surface area contributed by atoms with E-state index in [-0.39, 0.29) is 21.0 Å². The van der Waals surface area contributed by atoms with Crippen LogP contribution in [0.1, 0.15) is 38.1 Å². The van der Waals surface area contributed by atoms with Gasteiger partial charge in [-0.05, 0) is 69.7 Å². The lowest BCUT2D eigenvalue weighted by atomic mass is 10.0. The van der Waals surface area contributed by atoms with E-state index in [2.05, 4.69) is 0 Å². The third-order valence-electron chi connectivity index (χ3n) is 6.49. The molecule has 0 amide bonds. The van der Waals surface area contributed by atoms with Crippen LogP contribution in [0.5, 0.6) is 0 Å². The fraction of sp³-hybridized carbons (Fsp3) is 0.321. The zero-order valence-corrected chi connectivity index (χ0v) is 23.3. The molecule has 2 atom stereocenters. The quantitative estimate of drug-likeness (QED) is 0.400. The summed E-state index contributed by atoms with van der Waals surface area (Å²) in [5.41, 5.74) is 0.671. The summed E-state index contributed by atoms with van der Waals surface area (Å²) < 4.78 is 49.7. The first-order valence-electron chi connectivity index (χ1n) is 12.1. The van der Waals surface area contributed by atoms with Crippen LogP contribution >= 0.6 is 11.6 Å². The number of rotatable bonds is 5. The number of fused-ring (bicyclic) bond motifs is 1. The normalized spacial score (nSPS) is 18.5. The largest absolute Gasteiger partial charge is 0.478 e. The zero-order chi connectivity index (χ0) is 28.0. The molecular weight excluding hydrogens is 531 g/mol. The third kappa shape index (κ3) is 5.42. The van der Waals surface area contributed by atoms with Crippen molar-refractivity contribution in [2.75, 3.05) is 18.5 Å². The number of para-hydroxylation sites is 1. The molecule has 10 heteroatoms. The number of aromatic carboxylic acids is 1. The second-order valence-electron chi connectivity index (χ2n) is 10.3. The van der Waals surface area contributed by atoms with E-state index in [4.69, 9.17) is 16.3 Å². The molecule has 0 radical (unpaired) electrons. The van der Waals surface area contributed by atoms with Gasteiger partial charge in [0.05, 0.1) is 34.0 Å². The SMILES string of the molecule is C[C@H](OC(C)(C)C)[C@@H]1CN(c2ccccc2)c2cc(Cl)c(-c3ccc(F)c(C(=O)O)c3)cc2S(=O)(=O)N1C. The summed E-state index contributed by atoms with van der Waals surface area (Å²) in [6.45, 7) is 7.89. The fourth-order valence-electron chi connectivity index (χ4n) is 4.70. The van der Waals surface area contributed by atoms with Crippen molar-refractivity contribution in [3.8, 4) is 11.1 Å². The highest BCUT2D eigenvalue weighted by atomic mass is 35.5. The first-order valence-corrected chi connectivity index (χ1v) is 13.9. The number of carboxylic acid groups (broad SMARTS) is 1. The van der Waals surface area contributed by atoms with E-state index in [1.807, 2.05) is 62.9 Å². The molecule has 0 fully saturated rings. The van der Waals surface area contributed by atoms with Crippen LogP contribution in [-0.4, -0.2) is 55.1 Å². The molecule has 4 rings (SSSR count). The molecule has 0 spiro atoms. The van der Waals surface area contributed by atoms with Crippen LogP contribution < -0.4 is 4.90 Å². The molecular formula is C28H30ClFN2O5S. The molecule has 0 aromatic heterocycles. The predicted molar refractivity (Wildman–Crippen MR) is 146 cm³/mol. The van der Waals surface area contributed by atoms with Gasteiger partial charge in [-0.25, -0.2) is 17.6 Å². The van der Waals surface area contributed by atoms with Crippen molar-refractivity contribution in [1.82, 2.24) is 4.31 Å². The van der Waals surface area contributed by atoms with Crippen molar-refractivity contribution < 1.29 is 27.4 Å². The first-order chi connectivity index (χ1) is 17.7. The summed E-state index contributed by atoms with van der Waals surface area (Å²) in [7, 11) is -2.54. The Kier molecular flexibility index (Phi) is 7.60. The maximum absolute atomic E-state index is 14.1. The van der Waals surface area contributed by atoms with Gasteiger partial charge in [-0.3, -0.25) is 0 Å². The monoisotopic (exact) mass is 560 g/mol. The lowest BCUT2D eigenvalue weighted by Crippen LogP contribution is -2.50. The Morgan fingerprint density at radius 3 is 2.39 bits per heavy atom. The van der Waals surface area contributed by atoms with Crippen LogP contribution in [0.4, 0.5) is 15.8 Å². The number of halogens is 2. The predicted octanol–water partition coefficient (Wildman–Crippen LogP) is 6.19. The highest BCUT2D eigenvalue weighted by Crippen LogP contribution is 2.43. The van der Waals surface area contributed by atoms with Gasteiger partial charge >= 0.3 is 5.97 Å². The topological polar surface area (TPSA) is 87.1 Å². The molecule has 1 aliphatic rings. The Bertz CT molecular complexity index is 1470. The van der Waals surface area contributed by atoms with Crippen LogP contribution in [0, 0.1) is 5.82 Å². The number of carbonyl (C=O) groups is 1. The van der Waals surface area contributed by atoms with E-state index >= 15 is 0 Å². The Hall–Kier alpha value is -2.98. The highest BCUT2D eigenvalue weighted by Gasteiger charge is 2.41. The standard InChI is InChI=1S/C28H30ClFN2O5S/c1-17(37-28(2,3)4)25-16-32(19-9-7-6-8-10-19)24-15-22(29)20(14-26(24)38(35,36)31(25)5)18-11-12-23(30)21(13-18)27(33)34/h6-15,17,25H,16H2,1-5H3,(H,33,34)/t17-,25-/m0/s1. The number of sulfonamides is 1. The van der Waals surface area contributed by atoms with E-state index in [9.17, 15) is 22.7 Å². The van der Waals surface area contributed by atoms with Crippen molar-refractivity contribution in [3.63, 3.8) is 0 Å². The molecule has 1 heterocycles. The van der Waals surface area contributed by atoms with Crippen molar-refractivity contribution in [1.29, 1.82) is 0 Å². The van der Waals surface area contributed by atoms with E-state index in [1.165, 1.54) is 23.5 Å². The van der Waals surface area contributed by atoms with Gasteiger partial charge in [-0.15, -0.1) is 0 Å². The Labute approximate surface area is 227 Å². The molecule has 202 valence electrons. The van der Waals surface area contributed by atoms with Gasteiger partial charge in [0.25, 0.3) is 0 Å². The summed E-state index contributed by atoms with van der Waals surface area (Å²) in [5.74, 6) is -2.33. The van der Waals surface area contributed by atoms with E-state index in [0.29, 0.717) is 12.2 Å². The van der Waals surface area contributed by atoms with E-state index in [1.54, 1.807) is 6.07 Å². The van der Waals surface area contributed by atoms with Gasteiger partial charge in [0.1, 0.15) is 10.7 Å². The Morgan fingerprint density at radius 1 is 1.13 bits per heavy atom. The van der Waals surface area contributed by atoms with Crippen LogP contribution in [0.2, 0.25) is 5.02 Å². The third-order valence-corrected chi connectivity index (χ3v) is 8.71. The molecule has 0 unspecified atom stereocenters. The van der Waals surface area contributed by atoms with Gasteiger partial charge in [-0.1, -0.05) is 35.9 Å². The first kappa shape index (κ1) is 28.0. The number of benzene rings is 3. The maximum atomic E-state index is 14.1. The van der Waals surface area contributed by atoms with Gasteiger partial charge in [0.15, 0.2) is 0 Å². The second kappa shape index (κ2) is 10.3. The minimum absolute atomic E-state index is 0.00471. The fourth-order valence-corrected chi connectivity index (χ4v) is 6.58. The smallest absolute Gasteiger partial charge is 0.338 e. The van der Waals surface area contributed by atoms with E-state index in [0.717, 1.165) is 17.8 Å². The average molecular weight is 561 g/mol. The number of anilines is 2. The summed E-state index contributed by atoms with van der Waals surface area (Å²) in [5, 5.41) is 9.58. The van der Waals surface area contributed by atoms with Crippen LogP contribution in [0.15, 0.2) is 65.6 Å². The molecule has 3 aromatic rings. The van der Waals surface area contributed by atoms with Gasteiger partial charge < -0.3 is 14.7 Å². The maximum Gasteiger partial charge on any atom is 0.338 e. The average Bonchev–Trinajstić information content (AvgIpc) is 2.91. The number of carboxylic acids is 1. The number of nitrogens with zero attached hydrogens (tertiary/aromatic N) is 2. The summed E-state index contributed by atoms with van der Waals surface area (Å²) >= 11 is 6.69. The van der Waals surface area contributed by atoms with Crippen molar-refractivity contribution in [2.45, 2.75) is 50.3 Å². The molecule has 0 bridgehead atoms. The molecule has 0 saturated heterocycles. The zero-order valence-electron chi connectivity index (χ0n) is 21.8. The molecule has 1 N–H and O–H groups in total. The number of likely N-dealkylation sites (N-methyl/N-ethyl adjacent to an activating group) is 1. The Balaban J connectivity index is 1.95. The molecule has 7 nitrogen and oxygen atoms in total. The Morgan fingerprint density at radius 2 is 1.79 bits per heavy atom. The van der Waals surface area contributed by atoms with Gasteiger partial charge in [0.2, 0.25) is 10.0 Å². The lowest BCUT2D eigenvalue weighted by molar-refractivity contribution is -0.0728. The van der Waals surface area contributed by atoms with Crippen molar-refractivity contribution in [3.05, 3.63) is 77.1 Å². The number of ether oxygens (including phenoxy) is 1. The summed E-state index contributed by atoms with van der Waals surface area (Å²) in [4.78, 5) is 13.4. The minimum Gasteiger partial charge on any atom is -0.478 e. The molecule has 1 aliphatic heterocycles. The van der Waals surface area contributed by atoms with Crippen LogP contribution in [0.3, 0.4) is 0 Å². The molecule has 38 heavy (non-hydrogen) atoms. The second-order valence-corrected chi connectivity index (χ2v) is 12.6. The highest BCUT2D eigenvalue weighted by molar-refractivity contribution is 7.89. The van der Waals surface area contributed by atoms with Gasteiger partial charge in [-0.2, -0.15) is 4.31 Å². The number of hydrogen-bond donors (Lipinski definition) is 1. The summed E-state index contributed by atoms with van der Waals surface area (Å²) in [6.07, 6.45) is -0.458. The molecule has 3 aromatic carbocycles. The molecule has 0 aliphatic carbocycles. The van der Waals surface area contributed by atoms with Gasteiger partial charge in [0, 0.05) is 24.8 Å². The minimum atomic E-state index is -4.07. The van der Waals surface area contributed by atoms with Crippen LogP contribution in [0.25, 0.3) is 11.1 Å². The van der Waals surface area contributed by atoms with E-state index < -0.39 is 45.1 Å². The number of hydrogen-bond acceptors (Lipinski definition) is 5. The van der Waals surface area contributed by atoms with Crippen molar-refractivity contribution >= 4 is 39.0 Å². The summed E-state index contributed by atoms with van der Waals surface area (Å²) in [6, 6.07) is 15.4. The van der Waals surface area contributed by atoms with Crippen LogP contribution in [-0.2, 0) is 14.8 Å².